The fraction of sp³-hybridized carbons (Fsp3) is 0.208. The maximum absolute atomic E-state index is 12.4. The predicted octanol–water partition coefficient (Wildman–Crippen LogP) is 4.62. The minimum absolute atomic E-state index is 0.0576. The molecule has 0 radical (unpaired) electrons. The van der Waals surface area contributed by atoms with Crippen molar-refractivity contribution in [1.29, 1.82) is 0 Å². The van der Waals surface area contributed by atoms with Crippen molar-refractivity contribution in [2.75, 3.05) is 5.32 Å². The molecule has 1 atom stereocenters. The molecule has 2 N–H and O–H groups in total. The van der Waals surface area contributed by atoms with Gasteiger partial charge < -0.3 is 5.32 Å². The molecule has 7 heteroatoms. The third kappa shape index (κ3) is 5.60. The molecule has 0 saturated heterocycles. The molecule has 0 aliphatic carbocycles. The molecule has 31 heavy (non-hydrogen) atoms. The number of amides is 2. The Bertz CT molecular complexity index is 1150. The van der Waals surface area contributed by atoms with Crippen molar-refractivity contribution < 1.29 is 4.79 Å². The van der Waals surface area contributed by atoms with Crippen LogP contribution in [0.4, 0.5) is 10.6 Å². The van der Waals surface area contributed by atoms with Crippen LogP contribution in [0, 0.1) is 0 Å². The molecule has 0 spiro atoms. The fourth-order valence-corrected chi connectivity index (χ4v) is 3.33. The average Bonchev–Trinajstić information content (AvgIpc) is 2.80. The lowest BCUT2D eigenvalue weighted by molar-refractivity contribution is 0.248. The minimum Gasteiger partial charge on any atom is -0.335 e. The van der Waals surface area contributed by atoms with Gasteiger partial charge in [-0.15, -0.1) is 0 Å². The van der Waals surface area contributed by atoms with Crippen molar-refractivity contribution in [3.05, 3.63) is 78.8 Å². The van der Waals surface area contributed by atoms with Crippen molar-refractivity contribution >= 4 is 23.0 Å². The van der Waals surface area contributed by atoms with E-state index in [-0.39, 0.29) is 12.1 Å². The number of aryl methyl sites for hydroxylation is 1. The van der Waals surface area contributed by atoms with Crippen LogP contribution in [-0.4, -0.2) is 32.0 Å². The summed E-state index contributed by atoms with van der Waals surface area (Å²) in [6.07, 6.45) is 8.02. The molecule has 0 unspecified atom stereocenters. The first-order valence-electron chi connectivity index (χ1n) is 10.3. The Labute approximate surface area is 181 Å². The highest BCUT2D eigenvalue weighted by molar-refractivity contribution is 5.89. The van der Waals surface area contributed by atoms with Crippen LogP contribution >= 0.6 is 0 Å². The maximum Gasteiger partial charge on any atom is 0.320 e. The van der Waals surface area contributed by atoms with Crippen molar-refractivity contribution in [1.82, 2.24) is 25.3 Å². The van der Waals surface area contributed by atoms with Gasteiger partial charge in [0.1, 0.15) is 11.3 Å². The molecule has 1 aromatic carbocycles. The van der Waals surface area contributed by atoms with Crippen LogP contribution in [0.25, 0.3) is 22.4 Å². The second-order valence-corrected chi connectivity index (χ2v) is 7.41. The summed E-state index contributed by atoms with van der Waals surface area (Å²) in [5.41, 5.74) is 4.07. The summed E-state index contributed by atoms with van der Waals surface area (Å²) < 4.78 is 0. The molecule has 4 rings (SSSR count). The lowest BCUT2D eigenvalue weighted by Gasteiger charge is -2.14. The van der Waals surface area contributed by atoms with E-state index in [1.807, 2.05) is 37.3 Å². The quantitative estimate of drug-likeness (QED) is 0.462. The highest BCUT2D eigenvalue weighted by atomic mass is 16.2. The number of benzene rings is 1. The van der Waals surface area contributed by atoms with E-state index in [4.69, 9.17) is 0 Å². The largest absolute Gasteiger partial charge is 0.335 e. The van der Waals surface area contributed by atoms with E-state index in [1.54, 1.807) is 30.7 Å². The molecule has 0 bridgehead atoms. The number of aromatic nitrogens is 4. The van der Waals surface area contributed by atoms with Crippen LogP contribution in [0.1, 0.15) is 25.3 Å². The van der Waals surface area contributed by atoms with E-state index < -0.39 is 0 Å². The predicted molar refractivity (Wildman–Crippen MR) is 122 cm³/mol. The summed E-state index contributed by atoms with van der Waals surface area (Å²) in [5.74, 6) is 0.433. The van der Waals surface area contributed by atoms with Gasteiger partial charge >= 0.3 is 6.03 Å². The summed E-state index contributed by atoms with van der Waals surface area (Å²) in [6.45, 7) is 2.00. The van der Waals surface area contributed by atoms with Gasteiger partial charge in [-0.1, -0.05) is 30.3 Å². The lowest BCUT2D eigenvalue weighted by atomic mass is 10.1. The molecule has 0 fully saturated rings. The normalized spacial score (nSPS) is 11.8. The number of anilines is 1. The molecule has 3 heterocycles. The Balaban J connectivity index is 1.34. The zero-order valence-corrected chi connectivity index (χ0v) is 17.3. The molecule has 2 amide bonds. The van der Waals surface area contributed by atoms with Crippen LogP contribution in [0.5, 0.6) is 0 Å². The summed E-state index contributed by atoms with van der Waals surface area (Å²) in [6, 6.07) is 17.4. The van der Waals surface area contributed by atoms with Crippen LogP contribution in [-0.2, 0) is 6.42 Å². The van der Waals surface area contributed by atoms with E-state index in [1.165, 1.54) is 5.56 Å². The zero-order valence-electron chi connectivity index (χ0n) is 17.3. The fourth-order valence-electron chi connectivity index (χ4n) is 3.33. The van der Waals surface area contributed by atoms with Gasteiger partial charge in [0, 0.05) is 24.0 Å². The topological polar surface area (TPSA) is 92.7 Å². The molecular weight excluding hydrogens is 388 g/mol. The van der Waals surface area contributed by atoms with Gasteiger partial charge in [-0.05, 0) is 56.0 Å². The Kier molecular flexibility index (Phi) is 6.42. The van der Waals surface area contributed by atoms with Crippen molar-refractivity contribution in [2.45, 2.75) is 32.2 Å². The van der Waals surface area contributed by atoms with Crippen molar-refractivity contribution in [2.24, 2.45) is 0 Å². The van der Waals surface area contributed by atoms with Gasteiger partial charge in [-0.2, -0.15) is 0 Å². The summed E-state index contributed by atoms with van der Waals surface area (Å²) in [4.78, 5) is 29.8. The van der Waals surface area contributed by atoms with Crippen LogP contribution in [0.2, 0.25) is 0 Å². The Morgan fingerprint density at radius 3 is 2.61 bits per heavy atom. The number of urea groups is 1. The van der Waals surface area contributed by atoms with E-state index >= 15 is 0 Å². The molecule has 156 valence electrons. The first-order chi connectivity index (χ1) is 15.2. The first kappa shape index (κ1) is 20.4. The number of nitrogens with one attached hydrogen (secondary N) is 2. The highest BCUT2D eigenvalue weighted by Gasteiger charge is 2.10. The van der Waals surface area contributed by atoms with Crippen molar-refractivity contribution in [3.8, 4) is 11.3 Å². The Morgan fingerprint density at radius 1 is 1.00 bits per heavy atom. The van der Waals surface area contributed by atoms with Gasteiger partial charge in [-0.3, -0.25) is 15.3 Å². The number of pyridine rings is 2. The second-order valence-electron chi connectivity index (χ2n) is 7.41. The molecule has 0 saturated carbocycles. The summed E-state index contributed by atoms with van der Waals surface area (Å²) in [5, 5.41) is 5.76. The monoisotopic (exact) mass is 412 g/mol. The number of nitrogens with zero attached hydrogens (tertiary/aromatic N) is 4. The molecule has 4 aromatic rings. The number of rotatable bonds is 7. The lowest BCUT2D eigenvalue weighted by Crippen LogP contribution is -2.36. The average molecular weight is 412 g/mol. The number of carbonyl (C=O) groups excluding carboxylic acids is 1. The van der Waals surface area contributed by atoms with E-state index in [2.05, 4.69) is 42.7 Å². The maximum atomic E-state index is 12.4. The molecule has 0 aliphatic rings. The first-order valence-corrected chi connectivity index (χ1v) is 10.3. The van der Waals surface area contributed by atoms with Crippen LogP contribution in [0.3, 0.4) is 0 Å². The van der Waals surface area contributed by atoms with Gasteiger partial charge in [-0.25, -0.2) is 14.8 Å². The Hall–Kier alpha value is -3.87. The molecule has 0 aliphatic heterocycles. The van der Waals surface area contributed by atoms with Gasteiger partial charge in [0.15, 0.2) is 5.65 Å². The summed E-state index contributed by atoms with van der Waals surface area (Å²) in [7, 11) is 0. The zero-order chi connectivity index (χ0) is 21.5. The number of fused-ring (bicyclic) bond motifs is 1. The summed E-state index contributed by atoms with van der Waals surface area (Å²) >= 11 is 0. The van der Waals surface area contributed by atoms with E-state index in [0.29, 0.717) is 22.7 Å². The molecule has 3 aromatic heterocycles. The number of carbonyl (C=O) groups is 1. The Morgan fingerprint density at radius 2 is 1.81 bits per heavy atom. The SMILES string of the molecule is C[C@H](CCCc1ccccc1)NC(=O)Nc1ccc2ncc(-c3ccncc3)nc2n1. The number of hydrogen-bond donors (Lipinski definition) is 2. The van der Waals surface area contributed by atoms with Crippen LogP contribution in [0.15, 0.2) is 73.2 Å². The van der Waals surface area contributed by atoms with Gasteiger partial charge in [0.05, 0.1) is 11.9 Å². The third-order valence-corrected chi connectivity index (χ3v) is 4.95. The van der Waals surface area contributed by atoms with Gasteiger partial charge in [0.25, 0.3) is 0 Å². The second kappa shape index (κ2) is 9.75. The third-order valence-electron chi connectivity index (χ3n) is 4.95. The van der Waals surface area contributed by atoms with Crippen LogP contribution < -0.4 is 10.6 Å². The van der Waals surface area contributed by atoms with Crippen molar-refractivity contribution in [3.63, 3.8) is 0 Å². The highest BCUT2D eigenvalue weighted by Crippen LogP contribution is 2.18. The van der Waals surface area contributed by atoms with Gasteiger partial charge in [0.2, 0.25) is 0 Å². The smallest absolute Gasteiger partial charge is 0.320 e. The van der Waals surface area contributed by atoms with E-state index in [9.17, 15) is 4.79 Å². The molecular formula is C24H24N6O. The standard InChI is InChI=1S/C24H24N6O/c1-17(6-5-9-18-7-3-2-4-8-18)27-24(31)30-22-11-10-20-23(29-22)28-21(16-26-20)19-12-14-25-15-13-19/h2-4,7-8,10-17H,5-6,9H2,1H3,(H2,27,28,29,30,31)/t17-/m1/s1. The number of hydrogen-bond acceptors (Lipinski definition) is 5. The van der Waals surface area contributed by atoms with E-state index in [0.717, 1.165) is 24.8 Å². The minimum atomic E-state index is -0.280. The molecule has 7 nitrogen and oxygen atoms in total.